The fourth-order valence-corrected chi connectivity index (χ4v) is 9.89. The van der Waals surface area contributed by atoms with Crippen molar-refractivity contribution in [2.75, 3.05) is 193 Å². The van der Waals surface area contributed by atoms with Gasteiger partial charge in [0.15, 0.2) is 26.0 Å². The van der Waals surface area contributed by atoms with E-state index in [2.05, 4.69) is 153 Å². The van der Waals surface area contributed by atoms with Crippen LogP contribution < -0.4 is 74.0 Å². The zero-order chi connectivity index (χ0) is 101. The quantitative estimate of drug-likeness (QED) is 0.00924. The highest BCUT2D eigenvalue weighted by Crippen LogP contribution is 2.37. The maximum Gasteiger partial charge on any atom is 0.487 e. The Kier molecular flexibility index (Phi) is 58.4. The molecule has 8 aromatic rings. The van der Waals surface area contributed by atoms with Crippen molar-refractivity contribution in [1.82, 2.24) is 94.4 Å². The molecule has 0 spiro atoms. The lowest BCUT2D eigenvalue weighted by Crippen LogP contribution is -2.41. The van der Waals surface area contributed by atoms with Gasteiger partial charge in [-0.05, 0) is 137 Å². The molecule has 0 unspecified atom stereocenters. The number of carbonyl (C=O) groups is 3. The molecular formula is C78H107BBr5ClN24O27. The van der Waals surface area contributed by atoms with Crippen LogP contribution in [0.15, 0.2) is 102 Å². The van der Waals surface area contributed by atoms with Crippen LogP contribution in [0, 0.1) is 0 Å². The van der Waals surface area contributed by atoms with Gasteiger partial charge < -0.3 is 142 Å². The number of hydrogen-bond acceptors (Lipinski definition) is 48. The fourth-order valence-electron chi connectivity index (χ4n) is 8.68. The molecule has 8 aromatic heterocycles. The maximum absolute atomic E-state index is 11.1. The number of methoxy groups -OCH3 is 2. The van der Waals surface area contributed by atoms with Gasteiger partial charge in [-0.15, -0.1) is 0 Å². The highest BCUT2D eigenvalue weighted by atomic mass is 79.9. The van der Waals surface area contributed by atoms with E-state index in [1.807, 2.05) is 96.0 Å². The minimum Gasteiger partial charge on any atom is -0.478 e. The second-order valence-corrected chi connectivity index (χ2v) is 30.1. The van der Waals surface area contributed by atoms with Crippen LogP contribution in [0.2, 0.25) is 5.15 Å². The predicted molar refractivity (Wildman–Crippen MR) is 510 cm³/mol. The van der Waals surface area contributed by atoms with Crippen LogP contribution in [0.25, 0.3) is 12.2 Å². The van der Waals surface area contributed by atoms with Crippen LogP contribution in [-0.2, 0) is 42.6 Å². The van der Waals surface area contributed by atoms with Gasteiger partial charge in [-0.2, -0.15) is 24.9 Å². The Morgan fingerprint density at radius 3 is 1.21 bits per heavy atom. The van der Waals surface area contributed by atoms with Crippen LogP contribution in [0.4, 0.5) is 29.1 Å². The normalized spacial score (nSPS) is 13.6. The molecule has 1 saturated heterocycles. The number of carboxylic acid groups (broad SMARTS) is 1. The number of esters is 2. The summed E-state index contributed by atoms with van der Waals surface area (Å²) in [7, 11) is 14.0. The number of aliphatic hydroxyl groups excluding tert-OH is 4. The molecule has 0 amide bonds. The molecule has 6 aliphatic rings. The third kappa shape index (κ3) is 47.8. The van der Waals surface area contributed by atoms with Gasteiger partial charge in [-0.1, -0.05) is 11.6 Å². The van der Waals surface area contributed by atoms with Crippen LogP contribution in [-0.4, -0.2) is 355 Å². The Balaban J connectivity index is 0.000000389. The maximum atomic E-state index is 11.1. The Morgan fingerprint density at radius 2 is 0.809 bits per heavy atom. The van der Waals surface area contributed by atoms with Gasteiger partial charge in [-0.3, -0.25) is 4.90 Å². The summed E-state index contributed by atoms with van der Waals surface area (Å²) in [5.41, 5.74) is 16.2. The largest absolute Gasteiger partial charge is 0.487 e. The Hall–Kier alpha value is -11.4. The lowest BCUT2D eigenvalue weighted by atomic mass is 9.90. The van der Waals surface area contributed by atoms with E-state index in [1.54, 1.807) is 64.0 Å². The SMILES string of the molecule is Brc1cnc2c(n1)OCCO2.CCOC(=O)/C=C/B1OC(C)(C)C(C)(C)O1.CCOC(=O)/C=C/c1cnc2c(n1)OCCO2.CN(C)C=Nc1cnc(Br)c(OCCO)n1.CN(C)C=Nc1cnc2c(n1)OCCO2.COC(OC)N(C)C.Nc1cnc(Br)c(Cl)n1.Nc1cnc(Br)c(OCCO)n1.Nc1cnc2c(n1)OCCO2.O=C(O)/C=C/c1cnc2c(n1)OCCO2.OBr.OCCO. The zero-order valence-corrected chi connectivity index (χ0v) is 85.0. The molecular weight excluding hydrogens is 2150 g/mol. The average Bonchev–Trinajstić information content (AvgIpc) is 1.64. The molecule has 14 heterocycles. The number of anilines is 3. The molecule has 1 fully saturated rings. The third-order valence-corrected chi connectivity index (χ3v) is 17.5. The van der Waals surface area contributed by atoms with E-state index < -0.39 is 19.1 Å². The Bertz CT molecular complexity index is 4970. The molecule has 0 aromatic carbocycles. The number of rotatable bonds is 22. The molecule has 58 heteroatoms. The van der Waals surface area contributed by atoms with E-state index in [4.69, 9.17) is 144 Å². The first-order valence-corrected chi connectivity index (χ1v) is 44.0. The molecule has 51 nitrogen and oxygen atoms in total. The number of ether oxygens (including phenoxy) is 16. The number of aliphatic carboxylic acids is 1. The minimum atomic E-state index is -1.04. The standard InChI is InChI=1S/C11H19BO4.C11H12N2O4.C9H13BrN4O2.C9H12N4O2.C9H8N2O4.C6H8BrN3O2.C6H5BrN2O2.C6H7N3O2.C5H13NO2.C4H3BrClN3.C2H6O2.BrHO/c1-6-14-9(13)7-8-12-15-10(2,3)11(4,5)16-12;1-2-15-9(14)4-3-8-7-12-10-11(13-8)17-6-5-16-10;1-14(2)6-12-7-5-11-8(10)9(13-7)16-4-3-15;1-13(2)6-11-7-5-10-8-9(12-7)15-4-3-14-8;12-7(13)2-1-6-5-10-8-9(11-6)15-4-3-14-8;7-5-6(12-2-1-11)10-4(8)3-9-5;2*7-4-3-8-5-6(9-4)11-2-1-10-5;1-6(2)5(7-3)8-4;5-3-4(6)9-2(7)1-8-3;3-1-2-4;1-2/h7-8H,6H2,1-5H3;3-4,7H,2,5-6H2,1H3;5-6,15H,3-4H2,1-2H3;5-6H,3-4H2,1-2H3;1-2,5H,3-4H2,(H,12,13);3,11H,1-2H2,(H2,8,10);3H,1-2H2;3H,1-2H2,(H2,7,9);5H,1-4H3;1H,(H2,7,9);3-4H,1-2H2;2H/b8-7+;4-3+;;;2-1+;;;;;;;. The van der Waals surface area contributed by atoms with E-state index >= 15 is 0 Å². The van der Waals surface area contributed by atoms with E-state index in [0.717, 1.165) is 6.08 Å². The monoisotopic (exact) mass is 2250 g/mol. The number of nitrogens with zero attached hydrogens (tertiary/aromatic N) is 21. The first kappa shape index (κ1) is 119. The summed E-state index contributed by atoms with van der Waals surface area (Å²) in [6.07, 6.45) is 21.4. The van der Waals surface area contributed by atoms with Gasteiger partial charge >= 0.3 is 25.0 Å². The molecule has 0 saturated carbocycles. The number of halogens is 6. The summed E-state index contributed by atoms with van der Waals surface area (Å²) in [5, 5.41) is 41.1. The van der Waals surface area contributed by atoms with Crippen molar-refractivity contribution in [3.63, 3.8) is 0 Å². The minimum absolute atomic E-state index is 0.0665. The number of aromatic nitrogens is 16. The zero-order valence-electron chi connectivity index (χ0n) is 76.3. The topological polar surface area (TPSA) is 657 Å². The van der Waals surface area contributed by atoms with Crippen molar-refractivity contribution in [3.05, 3.63) is 109 Å². The first-order valence-electron chi connectivity index (χ1n) is 39.8. The van der Waals surface area contributed by atoms with Crippen molar-refractivity contribution in [2.24, 2.45) is 9.98 Å². The smallest absolute Gasteiger partial charge is 0.478 e. The number of nitrogen functional groups attached to an aromatic ring is 3. The highest BCUT2D eigenvalue weighted by molar-refractivity contribution is 9.11. The van der Waals surface area contributed by atoms with E-state index in [0.29, 0.717) is 203 Å². The van der Waals surface area contributed by atoms with E-state index in [9.17, 15) is 14.4 Å². The second-order valence-electron chi connectivity index (χ2n) is 26.7. The summed E-state index contributed by atoms with van der Waals surface area (Å²) in [5.74, 6) is 6.23. The van der Waals surface area contributed by atoms with Crippen molar-refractivity contribution < 1.29 is 129 Å². The summed E-state index contributed by atoms with van der Waals surface area (Å²) in [6.45, 7) is 17.0. The fraction of sp³-hybridized carbons (Fsp3) is 0.449. The predicted octanol–water partition coefficient (Wildman–Crippen LogP) is 6.10. The van der Waals surface area contributed by atoms with Crippen LogP contribution in [0.5, 0.6) is 70.6 Å². The van der Waals surface area contributed by atoms with Crippen LogP contribution in [0.1, 0.15) is 52.9 Å². The average molecular weight is 2260 g/mol. The number of aliphatic hydroxyl groups is 4. The van der Waals surface area contributed by atoms with Crippen molar-refractivity contribution in [3.8, 4) is 70.6 Å². The number of nitrogens with two attached hydrogens (primary N) is 3. The molecule has 14 rings (SSSR count). The van der Waals surface area contributed by atoms with Gasteiger partial charge in [0.05, 0.1) is 141 Å². The summed E-state index contributed by atoms with van der Waals surface area (Å²) in [6, 6.07) is 0. The van der Waals surface area contributed by atoms with Crippen LogP contribution >= 0.6 is 91.6 Å². The second kappa shape index (κ2) is 66.9. The molecule has 6 aliphatic heterocycles. The van der Waals surface area contributed by atoms with Gasteiger partial charge in [0, 0.05) is 60.6 Å². The lowest BCUT2D eigenvalue weighted by molar-refractivity contribution is -0.179. The number of hydrogen-bond donors (Lipinski definition) is 9. The summed E-state index contributed by atoms with van der Waals surface area (Å²) in [4.78, 5) is 110. The molecule has 0 atom stereocenters. The van der Waals surface area contributed by atoms with Crippen molar-refractivity contribution >= 4 is 171 Å². The Morgan fingerprint density at radius 1 is 0.463 bits per heavy atom. The van der Waals surface area contributed by atoms with Crippen LogP contribution in [0.3, 0.4) is 0 Å². The lowest BCUT2D eigenvalue weighted by Gasteiger charge is -2.32. The Labute approximate surface area is 829 Å². The third-order valence-electron chi connectivity index (χ3n) is 14.9. The number of carboxylic acids is 1. The first-order chi connectivity index (χ1) is 65.0. The van der Waals surface area contributed by atoms with E-state index in [-0.39, 0.29) is 74.2 Å². The molecule has 0 radical (unpaired) electrons. The van der Waals surface area contributed by atoms with Crippen molar-refractivity contribution in [1.29, 1.82) is 0 Å². The van der Waals surface area contributed by atoms with Crippen molar-refractivity contribution in [2.45, 2.75) is 59.2 Å². The van der Waals surface area contributed by atoms with Gasteiger partial charge in [-0.25, -0.2) is 79.2 Å². The molecule has 136 heavy (non-hydrogen) atoms. The number of aliphatic imine (C=N–C) groups is 2. The molecule has 0 bridgehead atoms. The van der Waals surface area contributed by atoms with Gasteiger partial charge in [0.25, 0.3) is 58.8 Å². The highest BCUT2D eigenvalue weighted by Gasteiger charge is 2.50. The van der Waals surface area contributed by atoms with E-state index in [1.165, 1.54) is 61.5 Å². The molecule has 746 valence electrons. The molecule has 12 N–H and O–H groups in total. The number of carbonyl (C=O) groups excluding carboxylic acids is 2. The summed E-state index contributed by atoms with van der Waals surface area (Å²) < 4.78 is 102. The van der Waals surface area contributed by atoms with Gasteiger partial charge in [0.2, 0.25) is 18.2 Å². The molecule has 0 aliphatic carbocycles. The van der Waals surface area contributed by atoms with Gasteiger partial charge in [0.1, 0.15) is 106 Å². The summed E-state index contributed by atoms with van der Waals surface area (Å²) >= 11 is 20.0. The number of fused-ring (bicyclic) bond motifs is 5.